The van der Waals surface area contributed by atoms with Gasteiger partial charge in [0.25, 0.3) is 0 Å². The Labute approximate surface area is 114 Å². The zero-order valence-electron chi connectivity index (χ0n) is 10.9. The Bertz CT molecular complexity index is 597. The van der Waals surface area contributed by atoms with Gasteiger partial charge in [0.15, 0.2) is 0 Å². The number of alkyl halides is 3. The minimum Gasteiger partial charge on any atom is -0.346 e. The van der Waals surface area contributed by atoms with Crippen molar-refractivity contribution >= 4 is 11.0 Å². The molecule has 3 nitrogen and oxygen atoms in total. The molecule has 0 radical (unpaired) electrons. The van der Waals surface area contributed by atoms with E-state index in [1.165, 1.54) is 6.07 Å². The first-order chi connectivity index (χ1) is 9.54. The van der Waals surface area contributed by atoms with E-state index in [1.807, 2.05) is 0 Å². The van der Waals surface area contributed by atoms with Crippen LogP contribution in [0.25, 0.3) is 11.0 Å². The molecule has 0 bridgehead atoms. The second-order valence-electron chi connectivity index (χ2n) is 5.30. The van der Waals surface area contributed by atoms with Crippen LogP contribution >= 0.6 is 0 Å². The van der Waals surface area contributed by atoms with E-state index in [0.29, 0.717) is 11.6 Å². The molecule has 2 N–H and O–H groups in total. The highest BCUT2D eigenvalue weighted by molar-refractivity contribution is 5.80. The Morgan fingerprint density at radius 3 is 2.65 bits per heavy atom. The normalized spacial score (nSPS) is 17.8. The van der Waals surface area contributed by atoms with E-state index in [2.05, 4.69) is 15.3 Å². The molecular formula is C14H16F3N3. The van der Waals surface area contributed by atoms with Crippen molar-refractivity contribution in [1.29, 1.82) is 0 Å². The van der Waals surface area contributed by atoms with Gasteiger partial charge in [-0.05, 0) is 50.4 Å². The summed E-state index contributed by atoms with van der Waals surface area (Å²) in [5.41, 5.74) is 0.539. The van der Waals surface area contributed by atoms with E-state index < -0.39 is 11.7 Å². The summed E-state index contributed by atoms with van der Waals surface area (Å²) in [5.74, 6) is 0.568. The SMILES string of the molecule is FC(F)(F)c1c[nH]c2nc(CC3CCNCC3)ccc12. The number of nitrogens with one attached hydrogen (secondary N) is 2. The predicted octanol–water partition coefficient (Wildman–Crippen LogP) is 3.12. The molecule has 20 heavy (non-hydrogen) atoms. The van der Waals surface area contributed by atoms with Crippen LogP contribution in [0, 0.1) is 5.92 Å². The van der Waals surface area contributed by atoms with Crippen LogP contribution in [0.15, 0.2) is 18.3 Å². The third-order valence-electron chi connectivity index (χ3n) is 3.86. The van der Waals surface area contributed by atoms with E-state index >= 15 is 0 Å². The summed E-state index contributed by atoms with van der Waals surface area (Å²) >= 11 is 0. The van der Waals surface area contributed by atoms with Gasteiger partial charge >= 0.3 is 6.18 Å². The average Bonchev–Trinajstić information content (AvgIpc) is 2.83. The summed E-state index contributed by atoms with van der Waals surface area (Å²) in [4.78, 5) is 6.96. The summed E-state index contributed by atoms with van der Waals surface area (Å²) < 4.78 is 38.3. The summed E-state index contributed by atoms with van der Waals surface area (Å²) in [7, 11) is 0. The fraction of sp³-hybridized carbons (Fsp3) is 0.500. The quantitative estimate of drug-likeness (QED) is 0.889. The van der Waals surface area contributed by atoms with E-state index in [4.69, 9.17) is 0 Å². The lowest BCUT2D eigenvalue weighted by molar-refractivity contribution is -0.136. The number of halogens is 3. The van der Waals surface area contributed by atoms with Crippen molar-refractivity contribution in [1.82, 2.24) is 15.3 Å². The molecule has 1 aliphatic heterocycles. The molecule has 1 aliphatic rings. The van der Waals surface area contributed by atoms with Crippen molar-refractivity contribution in [2.45, 2.75) is 25.4 Å². The molecule has 3 rings (SSSR count). The van der Waals surface area contributed by atoms with Gasteiger partial charge in [-0.1, -0.05) is 0 Å². The maximum Gasteiger partial charge on any atom is 0.418 e. The number of fused-ring (bicyclic) bond motifs is 1. The molecule has 0 aliphatic carbocycles. The van der Waals surface area contributed by atoms with Crippen molar-refractivity contribution in [3.63, 3.8) is 0 Å². The first-order valence-corrected chi connectivity index (χ1v) is 6.79. The number of pyridine rings is 1. The molecule has 0 amide bonds. The molecule has 2 aromatic heterocycles. The van der Waals surface area contributed by atoms with Gasteiger partial charge in [-0.3, -0.25) is 0 Å². The Balaban J connectivity index is 1.84. The maximum absolute atomic E-state index is 12.8. The molecule has 0 atom stereocenters. The Morgan fingerprint density at radius 2 is 1.95 bits per heavy atom. The molecule has 0 unspecified atom stereocenters. The fourth-order valence-corrected chi connectivity index (χ4v) is 2.78. The van der Waals surface area contributed by atoms with Crippen LogP contribution in [-0.2, 0) is 12.6 Å². The third kappa shape index (κ3) is 2.65. The molecular weight excluding hydrogens is 267 g/mol. The number of hydrogen-bond donors (Lipinski definition) is 2. The lowest BCUT2D eigenvalue weighted by Gasteiger charge is -2.22. The predicted molar refractivity (Wildman–Crippen MR) is 70.4 cm³/mol. The van der Waals surface area contributed by atoms with E-state index in [0.717, 1.165) is 44.2 Å². The van der Waals surface area contributed by atoms with E-state index in [9.17, 15) is 13.2 Å². The number of H-pyrrole nitrogens is 1. The lowest BCUT2D eigenvalue weighted by atomic mass is 9.93. The number of hydrogen-bond acceptors (Lipinski definition) is 2. The number of aromatic amines is 1. The minimum absolute atomic E-state index is 0.145. The van der Waals surface area contributed by atoms with Crippen molar-refractivity contribution in [2.24, 2.45) is 5.92 Å². The van der Waals surface area contributed by atoms with Crippen molar-refractivity contribution < 1.29 is 13.2 Å². The lowest BCUT2D eigenvalue weighted by Crippen LogP contribution is -2.28. The monoisotopic (exact) mass is 283 g/mol. The van der Waals surface area contributed by atoms with Gasteiger partial charge in [0.1, 0.15) is 5.65 Å². The van der Waals surface area contributed by atoms with Crippen LogP contribution in [-0.4, -0.2) is 23.1 Å². The van der Waals surface area contributed by atoms with Crippen LogP contribution in [0.3, 0.4) is 0 Å². The van der Waals surface area contributed by atoms with Crippen LogP contribution in [0.4, 0.5) is 13.2 Å². The Kier molecular flexibility index (Phi) is 3.41. The molecule has 2 aromatic rings. The van der Waals surface area contributed by atoms with E-state index in [-0.39, 0.29) is 5.39 Å². The minimum atomic E-state index is -4.34. The molecule has 6 heteroatoms. The Hall–Kier alpha value is -1.56. The molecule has 0 spiro atoms. The molecule has 1 saturated heterocycles. The van der Waals surface area contributed by atoms with Gasteiger partial charge in [0.2, 0.25) is 0 Å². The number of piperidine rings is 1. The smallest absolute Gasteiger partial charge is 0.346 e. The van der Waals surface area contributed by atoms with Gasteiger partial charge in [0.05, 0.1) is 5.56 Å². The van der Waals surface area contributed by atoms with Gasteiger partial charge in [-0.25, -0.2) is 4.98 Å². The molecule has 108 valence electrons. The molecule has 1 fully saturated rings. The highest BCUT2D eigenvalue weighted by atomic mass is 19.4. The zero-order valence-corrected chi connectivity index (χ0v) is 10.9. The van der Waals surface area contributed by atoms with Crippen LogP contribution in [0.1, 0.15) is 24.1 Å². The zero-order chi connectivity index (χ0) is 14.2. The van der Waals surface area contributed by atoms with Crippen LogP contribution < -0.4 is 5.32 Å². The highest BCUT2D eigenvalue weighted by Crippen LogP contribution is 2.34. The number of rotatable bonds is 2. The van der Waals surface area contributed by atoms with Crippen LogP contribution in [0.5, 0.6) is 0 Å². The topological polar surface area (TPSA) is 40.7 Å². The van der Waals surface area contributed by atoms with Crippen molar-refractivity contribution in [3.05, 3.63) is 29.6 Å². The molecule has 0 aromatic carbocycles. The summed E-state index contributed by atoms with van der Waals surface area (Å²) in [6.07, 6.45) is -0.322. The second-order valence-corrected chi connectivity index (χ2v) is 5.30. The average molecular weight is 283 g/mol. The fourth-order valence-electron chi connectivity index (χ4n) is 2.78. The van der Waals surface area contributed by atoms with Gasteiger partial charge in [-0.15, -0.1) is 0 Å². The second kappa shape index (κ2) is 5.09. The third-order valence-corrected chi connectivity index (χ3v) is 3.86. The molecule has 0 saturated carbocycles. The van der Waals surface area contributed by atoms with E-state index in [1.54, 1.807) is 6.07 Å². The first kappa shape index (κ1) is 13.4. The highest BCUT2D eigenvalue weighted by Gasteiger charge is 2.33. The van der Waals surface area contributed by atoms with Crippen molar-refractivity contribution in [2.75, 3.05) is 13.1 Å². The largest absolute Gasteiger partial charge is 0.418 e. The Morgan fingerprint density at radius 1 is 1.20 bits per heavy atom. The number of nitrogens with zero attached hydrogens (tertiary/aromatic N) is 1. The number of aromatic nitrogens is 2. The van der Waals surface area contributed by atoms with Gasteiger partial charge in [0, 0.05) is 17.3 Å². The molecule has 3 heterocycles. The first-order valence-electron chi connectivity index (χ1n) is 6.79. The summed E-state index contributed by atoms with van der Waals surface area (Å²) in [6.45, 7) is 2.02. The maximum atomic E-state index is 12.8. The van der Waals surface area contributed by atoms with Gasteiger partial charge in [-0.2, -0.15) is 13.2 Å². The van der Waals surface area contributed by atoms with Crippen LogP contribution in [0.2, 0.25) is 0 Å². The standard InChI is InChI=1S/C14H16F3N3/c15-14(16,17)12-8-19-13-11(12)2-1-10(20-13)7-9-3-5-18-6-4-9/h1-2,8-9,18H,3-7H2,(H,19,20). The summed E-state index contributed by atoms with van der Waals surface area (Å²) in [6, 6.07) is 3.24. The summed E-state index contributed by atoms with van der Waals surface area (Å²) in [5, 5.41) is 3.44. The van der Waals surface area contributed by atoms with Crippen molar-refractivity contribution in [3.8, 4) is 0 Å². The van der Waals surface area contributed by atoms with Gasteiger partial charge < -0.3 is 10.3 Å².